The molecule has 0 saturated carbocycles. The van der Waals surface area contributed by atoms with Crippen LogP contribution < -0.4 is 9.64 Å². The standard InChI is InChI=1S/C16H21BrN2O/c1-12(2)19(10-4-8-17)16-15-11-14(20-3)6-5-13(15)7-9-18-16/h5-7,9,11-12H,4,8,10H2,1-3H3. The molecule has 0 atom stereocenters. The Bertz CT molecular complexity index is 571. The summed E-state index contributed by atoms with van der Waals surface area (Å²) in [6, 6.07) is 8.60. The number of nitrogens with zero attached hydrogens (tertiary/aromatic N) is 2. The number of halogens is 1. The van der Waals surface area contributed by atoms with Gasteiger partial charge in [0.2, 0.25) is 0 Å². The minimum Gasteiger partial charge on any atom is -0.497 e. The second-order valence-electron chi connectivity index (χ2n) is 5.05. The fourth-order valence-electron chi connectivity index (χ4n) is 2.33. The molecule has 0 aliphatic heterocycles. The third-order valence-corrected chi connectivity index (χ3v) is 3.94. The highest BCUT2D eigenvalue weighted by atomic mass is 79.9. The van der Waals surface area contributed by atoms with Crippen LogP contribution in [0.1, 0.15) is 20.3 Å². The molecule has 0 aliphatic carbocycles. The maximum absolute atomic E-state index is 5.34. The van der Waals surface area contributed by atoms with E-state index in [9.17, 15) is 0 Å². The lowest BCUT2D eigenvalue weighted by Crippen LogP contribution is -2.32. The number of methoxy groups -OCH3 is 1. The number of fused-ring (bicyclic) bond motifs is 1. The molecular weight excluding hydrogens is 316 g/mol. The van der Waals surface area contributed by atoms with Crippen molar-refractivity contribution in [2.45, 2.75) is 26.3 Å². The molecule has 108 valence electrons. The Hall–Kier alpha value is -1.29. The van der Waals surface area contributed by atoms with Gasteiger partial charge < -0.3 is 9.64 Å². The zero-order chi connectivity index (χ0) is 14.5. The molecule has 1 heterocycles. The van der Waals surface area contributed by atoms with Crippen LogP contribution >= 0.6 is 15.9 Å². The number of alkyl halides is 1. The molecule has 0 aliphatic rings. The van der Waals surface area contributed by atoms with Crippen LogP contribution in [0.15, 0.2) is 30.5 Å². The van der Waals surface area contributed by atoms with E-state index in [4.69, 9.17) is 4.74 Å². The lowest BCUT2D eigenvalue weighted by molar-refractivity contribution is 0.415. The second kappa shape index (κ2) is 6.93. The van der Waals surface area contributed by atoms with E-state index in [0.29, 0.717) is 6.04 Å². The van der Waals surface area contributed by atoms with Crippen LogP contribution in [0.5, 0.6) is 5.75 Å². The summed E-state index contributed by atoms with van der Waals surface area (Å²) in [6.45, 7) is 5.40. The Morgan fingerprint density at radius 2 is 2.10 bits per heavy atom. The summed E-state index contributed by atoms with van der Waals surface area (Å²) in [5.41, 5.74) is 0. The highest BCUT2D eigenvalue weighted by molar-refractivity contribution is 9.09. The van der Waals surface area contributed by atoms with E-state index in [0.717, 1.165) is 35.2 Å². The van der Waals surface area contributed by atoms with Crippen molar-refractivity contribution in [3.05, 3.63) is 30.5 Å². The van der Waals surface area contributed by atoms with Crippen molar-refractivity contribution in [1.82, 2.24) is 4.98 Å². The predicted octanol–water partition coefficient (Wildman–Crippen LogP) is 4.24. The van der Waals surface area contributed by atoms with Gasteiger partial charge in [-0.15, -0.1) is 0 Å². The average Bonchev–Trinajstić information content (AvgIpc) is 2.47. The lowest BCUT2D eigenvalue weighted by atomic mass is 10.1. The SMILES string of the molecule is COc1ccc2ccnc(N(CCCBr)C(C)C)c2c1. The van der Waals surface area contributed by atoms with Crippen LogP contribution in [0.3, 0.4) is 0 Å². The van der Waals surface area contributed by atoms with Crippen molar-refractivity contribution in [2.75, 3.05) is 23.9 Å². The summed E-state index contributed by atoms with van der Waals surface area (Å²) in [4.78, 5) is 6.96. The Kier molecular flexibility index (Phi) is 5.24. The van der Waals surface area contributed by atoms with Gasteiger partial charge in [-0.05, 0) is 43.9 Å². The van der Waals surface area contributed by atoms with E-state index in [-0.39, 0.29) is 0 Å². The molecule has 2 aromatic rings. The molecule has 0 amide bonds. The number of pyridine rings is 1. The number of anilines is 1. The van der Waals surface area contributed by atoms with Crippen molar-refractivity contribution in [3.8, 4) is 5.75 Å². The highest BCUT2D eigenvalue weighted by Crippen LogP contribution is 2.29. The van der Waals surface area contributed by atoms with Crippen molar-refractivity contribution in [1.29, 1.82) is 0 Å². The van der Waals surface area contributed by atoms with Gasteiger partial charge in [0.1, 0.15) is 11.6 Å². The Morgan fingerprint density at radius 1 is 1.30 bits per heavy atom. The molecule has 0 saturated heterocycles. The zero-order valence-corrected chi connectivity index (χ0v) is 13.9. The third kappa shape index (κ3) is 3.23. The van der Waals surface area contributed by atoms with Crippen molar-refractivity contribution >= 4 is 32.5 Å². The maximum atomic E-state index is 5.34. The highest BCUT2D eigenvalue weighted by Gasteiger charge is 2.15. The van der Waals surface area contributed by atoms with Gasteiger partial charge >= 0.3 is 0 Å². The van der Waals surface area contributed by atoms with E-state index >= 15 is 0 Å². The number of hydrogen-bond acceptors (Lipinski definition) is 3. The predicted molar refractivity (Wildman–Crippen MR) is 89.2 cm³/mol. The first-order valence-electron chi connectivity index (χ1n) is 6.92. The second-order valence-corrected chi connectivity index (χ2v) is 5.84. The van der Waals surface area contributed by atoms with Crippen molar-refractivity contribution in [2.24, 2.45) is 0 Å². The minimum absolute atomic E-state index is 0.415. The number of ether oxygens (including phenoxy) is 1. The molecule has 2 rings (SSSR count). The van der Waals surface area contributed by atoms with Gasteiger partial charge in [0, 0.05) is 29.5 Å². The van der Waals surface area contributed by atoms with Gasteiger partial charge in [-0.25, -0.2) is 4.98 Å². The van der Waals surface area contributed by atoms with Gasteiger partial charge in [0.25, 0.3) is 0 Å². The Labute approximate surface area is 129 Å². The molecule has 0 unspecified atom stereocenters. The molecule has 0 radical (unpaired) electrons. The fraction of sp³-hybridized carbons (Fsp3) is 0.438. The zero-order valence-electron chi connectivity index (χ0n) is 12.3. The molecule has 1 aromatic carbocycles. The third-order valence-electron chi connectivity index (χ3n) is 3.38. The molecule has 1 aromatic heterocycles. The van der Waals surface area contributed by atoms with Gasteiger partial charge in [-0.3, -0.25) is 0 Å². The minimum atomic E-state index is 0.415. The number of hydrogen-bond donors (Lipinski definition) is 0. The number of aromatic nitrogens is 1. The molecule has 0 fully saturated rings. The summed E-state index contributed by atoms with van der Waals surface area (Å²) >= 11 is 3.51. The van der Waals surface area contributed by atoms with Crippen LogP contribution in [0.4, 0.5) is 5.82 Å². The molecule has 3 nitrogen and oxygen atoms in total. The number of benzene rings is 1. The Balaban J connectivity index is 2.49. The van der Waals surface area contributed by atoms with Crippen LogP contribution in [0, 0.1) is 0 Å². The first-order chi connectivity index (χ1) is 9.67. The molecule has 0 N–H and O–H groups in total. The summed E-state index contributed by atoms with van der Waals surface area (Å²) in [5, 5.41) is 3.35. The van der Waals surface area contributed by atoms with Crippen LogP contribution in [-0.2, 0) is 0 Å². The summed E-state index contributed by atoms with van der Waals surface area (Å²) < 4.78 is 5.34. The quantitative estimate of drug-likeness (QED) is 0.737. The normalized spacial score (nSPS) is 11.1. The van der Waals surface area contributed by atoms with Crippen LogP contribution in [0.2, 0.25) is 0 Å². The van der Waals surface area contributed by atoms with Crippen LogP contribution in [-0.4, -0.2) is 30.0 Å². The average molecular weight is 337 g/mol. The first-order valence-corrected chi connectivity index (χ1v) is 8.05. The molecule has 0 bridgehead atoms. The van der Waals surface area contributed by atoms with E-state index in [2.05, 4.69) is 51.8 Å². The summed E-state index contributed by atoms with van der Waals surface area (Å²) in [6.07, 6.45) is 2.98. The fourth-order valence-corrected chi connectivity index (χ4v) is 2.58. The Morgan fingerprint density at radius 3 is 2.75 bits per heavy atom. The van der Waals surface area contributed by atoms with Gasteiger partial charge in [-0.2, -0.15) is 0 Å². The van der Waals surface area contributed by atoms with Crippen LogP contribution in [0.25, 0.3) is 10.8 Å². The summed E-state index contributed by atoms with van der Waals surface area (Å²) in [5.74, 6) is 1.91. The first kappa shape index (κ1) is 15.1. The monoisotopic (exact) mass is 336 g/mol. The van der Waals surface area contributed by atoms with Crippen molar-refractivity contribution in [3.63, 3.8) is 0 Å². The molecule has 0 spiro atoms. The smallest absolute Gasteiger partial charge is 0.136 e. The van der Waals surface area contributed by atoms with E-state index < -0.39 is 0 Å². The van der Waals surface area contributed by atoms with Gasteiger partial charge in [0.15, 0.2) is 0 Å². The van der Waals surface area contributed by atoms with E-state index in [1.54, 1.807) is 7.11 Å². The number of rotatable bonds is 6. The summed E-state index contributed by atoms with van der Waals surface area (Å²) in [7, 11) is 1.70. The molecule has 20 heavy (non-hydrogen) atoms. The van der Waals surface area contributed by atoms with Gasteiger partial charge in [0.05, 0.1) is 7.11 Å². The van der Waals surface area contributed by atoms with E-state index in [1.807, 2.05) is 18.3 Å². The molecule has 4 heteroatoms. The van der Waals surface area contributed by atoms with Gasteiger partial charge in [-0.1, -0.05) is 22.0 Å². The maximum Gasteiger partial charge on any atom is 0.136 e. The molecular formula is C16H21BrN2O. The lowest BCUT2D eigenvalue weighted by Gasteiger charge is -2.28. The van der Waals surface area contributed by atoms with Crippen molar-refractivity contribution < 1.29 is 4.74 Å². The largest absolute Gasteiger partial charge is 0.497 e. The topological polar surface area (TPSA) is 25.4 Å². The van der Waals surface area contributed by atoms with E-state index in [1.165, 1.54) is 5.39 Å².